The fourth-order valence-electron chi connectivity index (χ4n) is 3.42. The van der Waals surface area contributed by atoms with Crippen molar-refractivity contribution in [3.63, 3.8) is 0 Å². The molecule has 0 aliphatic carbocycles. The Morgan fingerprint density at radius 2 is 1.89 bits per heavy atom. The second-order valence-corrected chi connectivity index (χ2v) is 9.60. The summed E-state index contributed by atoms with van der Waals surface area (Å²) in [6, 6.07) is 5.59. The highest BCUT2D eigenvalue weighted by atomic mass is 32.2. The van der Waals surface area contributed by atoms with Crippen LogP contribution in [0.3, 0.4) is 0 Å². The van der Waals surface area contributed by atoms with Gasteiger partial charge in [0.05, 0.1) is 26.0 Å². The minimum atomic E-state index is -3.15. The quantitative estimate of drug-likeness (QED) is 0.619. The average Bonchev–Trinajstić information content (AvgIpc) is 3.27. The van der Waals surface area contributed by atoms with Gasteiger partial charge in [0.1, 0.15) is 11.5 Å². The van der Waals surface area contributed by atoms with Crippen LogP contribution in [-0.2, 0) is 10.0 Å². The summed E-state index contributed by atoms with van der Waals surface area (Å²) in [5.41, 5.74) is 0.858. The van der Waals surface area contributed by atoms with E-state index in [1.165, 1.54) is 21.9 Å². The highest BCUT2D eigenvalue weighted by molar-refractivity contribution is 7.88. The van der Waals surface area contributed by atoms with Gasteiger partial charge in [0.15, 0.2) is 10.8 Å². The van der Waals surface area contributed by atoms with E-state index in [-0.39, 0.29) is 5.92 Å². The maximum absolute atomic E-state index is 11.7. The molecule has 3 heterocycles. The zero-order valence-electron chi connectivity index (χ0n) is 15.8. The molecule has 0 atom stereocenters. The summed E-state index contributed by atoms with van der Waals surface area (Å²) < 4.78 is 37.5. The van der Waals surface area contributed by atoms with E-state index in [1.807, 2.05) is 18.2 Å². The van der Waals surface area contributed by atoms with Crippen LogP contribution in [0.1, 0.15) is 24.6 Å². The summed E-state index contributed by atoms with van der Waals surface area (Å²) in [6.07, 6.45) is 2.65. The molecule has 1 aliphatic rings. The standard InChI is InChI=1S/C17H21N5O4S2/c1-25-12-4-5-13(14(10-12)26-2)16-20-22-15(18-19-17(22)27-16)11-6-8-21(9-7-11)28(3,23)24/h4-5,10-11H,6-9H2,1-3H3. The first-order valence-corrected chi connectivity index (χ1v) is 11.5. The van der Waals surface area contributed by atoms with Crippen molar-refractivity contribution in [3.05, 3.63) is 24.0 Å². The van der Waals surface area contributed by atoms with Gasteiger partial charge in [-0.2, -0.15) is 9.61 Å². The van der Waals surface area contributed by atoms with E-state index < -0.39 is 10.0 Å². The van der Waals surface area contributed by atoms with Gasteiger partial charge in [0, 0.05) is 25.1 Å². The minimum absolute atomic E-state index is 0.126. The summed E-state index contributed by atoms with van der Waals surface area (Å²) in [5, 5.41) is 14.1. The molecular formula is C17H21N5O4S2. The van der Waals surface area contributed by atoms with E-state index in [2.05, 4.69) is 10.2 Å². The molecule has 0 bridgehead atoms. The predicted octanol–water partition coefficient (Wildman–Crippen LogP) is 2.01. The second-order valence-electron chi connectivity index (χ2n) is 6.66. The maximum Gasteiger partial charge on any atom is 0.234 e. The smallest absolute Gasteiger partial charge is 0.234 e. The number of piperidine rings is 1. The Morgan fingerprint density at radius 3 is 2.54 bits per heavy atom. The lowest BCUT2D eigenvalue weighted by atomic mass is 9.97. The molecule has 2 aromatic heterocycles. The molecule has 0 spiro atoms. The number of methoxy groups -OCH3 is 2. The van der Waals surface area contributed by atoms with Gasteiger partial charge in [-0.1, -0.05) is 11.3 Å². The third-order valence-electron chi connectivity index (χ3n) is 4.94. The SMILES string of the molecule is COc1ccc(-c2nn3c(C4CCN(S(C)(=O)=O)CC4)nnc3s2)c(OC)c1. The molecule has 1 aromatic carbocycles. The van der Waals surface area contributed by atoms with Gasteiger partial charge in [-0.15, -0.1) is 10.2 Å². The van der Waals surface area contributed by atoms with Gasteiger partial charge in [0.25, 0.3) is 0 Å². The Morgan fingerprint density at radius 1 is 1.14 bits per heavy atom. The number of hydrogen-bond donors (Lipinski definition) is 0. The number of ether oxygens (including phenoxy) is 2. The number of rotatable bonds is 5. The molecule has 1 aliphatic heterocycles. The number of aromatic nitrogens is 4. The van der Waals surface area contributed by atoms with Crippen LogP contribution in [0.4, 0.5) is 0 Å². The normalized spacial score (nSPS) is 16.5. The van der Waals surface area contributed by atoms with Crippen LogP contribution in [-0.4, -0.2) is 66.1 Å². The third kappa shape index (κ3) is 3.45. The van der Waals surface area contributed by atoms with E-state index in [9.17, 15) is 8.42 Å². The number of sulfonamides is 1. The maximum atomic E-state index is 11.7. The van der Waals surface area contributed by atoms with Crippen LogP contribution < -0.4 is 9.47 Å². The lowest BCUT2D eigenvalue weighted by Crippen LogP contribution is -2.37. The monoisotopic (exact) mass is 423 g/mol. The Bertz CT molecular complexity index is 1100. The van der Waals surface area contributed by atoms with Crippen molar-refractivity contribution in [2.75, 3.05) is 33.6 Å². The van der Waals surface area contributed by atoms with Crippen LogP contribution in [0.25, 0.3) is 15.5 Å². The molecular weight excluding hydrogens is 402 g/mol. The van der Waals surface area contributed by atoms with Crippen LogP contribution in [0.5, 0.6) is 11.5 Å². The Hall–Kier alpha value is -2.24. The molecule has 0 amide bonds. The second kappa shape index (κ2) is 7.30. The molecule has 28 heavy (non-hydrogen) atoms. The third-order valence-corrected chi connectivity index (χ3v) is 7.18. The summed E-state index contributed by atoms with van der Waals surface area (Å²) in [5.74, 6) is 2.29. The molecule has 1 fully saturated rings. The molecule has 150 valence electrons. The van der Waals surface area contributed by atoms with Crippen LogP contribution in [0.15, 0.2) is 18.2 Å². The van der Waals surface area contributed by atoms with Gasteiger partial charge < -0.3 is 9.47 Å². The van der Waals surface area contributed by atoms with Gasteiger partial charge >= 0.3 is 0 Å². The number of hydrogen-bond acceptors (Lipinski definition) is 8. The number of nitrogens with zero attached hydrogens (tertiary/aromatic N) is 5. The lowest BCUT2D eigenvalue weighted by molar-refractivity contribution is 0.313. The molecule has 0 radical (unpaired) electrons. The van der Waals surface area contributed by atoms with Crippen LogP contribution in [0.2, 0.25) is 0 Å². The number of benzene rings is 1. The first kappa shape index (κ1) is 19.1. The van der Waals surface area contributed by atoms with E-state index in [1.54, 1.807) is 18.7 Å². The topological polar surface area (TPSA) is 98.9 Å². The fourth-order valence-corrected chi connectivity index (χ4v) is 5.17. The van der Waals surface area contributed by atoms with Crippen molar-refractivity contribution < 1.29 is 17.9 Å². The first-order valence-electron chi connectivity index (χ1n) is 8.80. The number of fused-ring (bicyclic) bond motifs is 1. The van der Waals surface area contributed by atoms with Crippen LogP contribution in [0, 0.1) is 0 Å². The highest BCUT2D eigenvalue weighted by Crippen LogP contribution is 2.36. The van der Waals surface area contributed by atoms with Crippen molar-refractivity contribution >= 4 is 26.3 Å². The largest absolute Gasteiger partial charge is 0.497 e. The summed E-state index contributed by atoms with van der Waals surface area (Å²) >= 11 is 1.43. The molecule has 11 heteroatoms. The lowest BCUT2D eigenvalue weighted by Gasteiger charge is -2.28. The molecule has 0 saturated carbocycles. The van der Waals surface area contributed by atoms with Gasteiger partial charge in [0.2, 0.25) is 15.0 Å². The minimum Gasteiger partial charge on any atom is -0.497 e. The molecule has 4 rings (SSSR count). The first-order chi connectivity index (χ1) is 13.4. The highest BCUT2D eigenvalue weighted by Gasteiger charge is 2.29. The average molecular weight is 424 g/mol. The van der Waals surface area contributed by atoms with E-state index in [0.29, 0.717) is 42.4 Å². The van der Waals surface area contributed by atoms with Crippen molar-refractivity contribution in [2.24, 2.45) is 0 Å². The fraction of sp³-hybridized carbons (Fsp3) is 0.471. The van der Waals surface area contributed by atoms with Crippen molar-refractivity contribution in [1.82, 2.24) is 24.1 Å². The van der Waals surface area contributed by atoms with Gasteiger partial charge in [-0.05, 0) is 25.0 Å². The molecule has 3 aromatic rings. The van der Waals surface area contributed by atoms with E-state index in [0.717, 1.165) is 16.4 Å². The molecule has 9 nitrogen and oxygen atoms in total. The summed E-state index contributed by atoms with van der Waals surface area (Å²) in [4.78, 5) is 0.702. The van der Waals surface area contributed by atoms with Crippen molar-refractivity contribution in [1.29, 1.82) is 0 Å². The van der Waals surface area contributed by atoms with Gasteiger partial charge in [-0.25, -0.2) is 12.7 Å². The van der Waals surface area contributed by atoms with Crippen molar-refractivity contribution in [2.45, 2.75) is 18.8 Å². The summed E-state index contributed by atoms with van der Waals surface area (Å²) in [7, 11) is 0.0675. The molecule has 1 saturated heterocycles. The van der Waals surface area contributed by atoms with Crippen molar-refractivity contribution in [3.8, 4) is 22.1 Å². The van der Waals surface area contributed by atoms with E-state index in [4.69, 9.17) is 14.6 Å². The Labute approximate surface area is 167 Å². The Balaban J connectivity index is 1.63. The zero-order valence-corrected chi connectivity index (χ0v) is 17.5. The molecule has 0 N–H and O–H groups in total. The van der Waals surface area contributed by atoms with Crippen LogP contribution >= 0.6 is 11.3 Å². The Kier molecular flexibility index (Phi) is 4.98. The molecule has 0 unspecified atom stereocenters. The van der Waals surface area contributed by atoms with E-state index >= 15 is 0 Å². The summed E-state index contributed by atoms with van der Waals surface area (Å²) in [6.45, 7) is 0.976. The zero-order chi connectivity index (χ0) is 19.9. The predicted molar refractivity (Wildman–Crippen MR) is 106 cm³/mol. The van der Waals surface area contributed by atoms with Gasteiger partial charge in [-0.3, -0.25) is 0 Å².